The van der Waals surface area contributed by atoms with Gasteiger partial charge in [0.2, 0.25) is 0 Å². The molecule has 0 N–H and O–H groups in total. The molecule has 0 radical (unpaired) electrons. The van der Waals surface area contributed by atoms with Crippen molar-refractivity contribution in [3.05, 3.63) is 50.9 Å². The summed E-state index contributed by atoms with van der Waals surface area (Å²) in [7, 11) is 1.72. The maximum Gasteiger partial charge on any atom is 0.420 e. The summed E-state index contributed by atoms with van der Waals surface area (Å²) in [6.07, 6.45) is 3.23. The van der Waals surface area contributed by atoms with Gasteiger partial charge in [-0.05, 0) is 101 Å². The predicted molar refractivity (Wildman–Crippen MR) is 158 cm³/mol. The minimum Gasteiger partial charge on any atom is -0.456 e. The van der Waals surface area contributed by atoms with Crippen LogP contribution >= 0.6 is 22.6 Å². The summed E-state index contributed by atoms with van der Waals surface area (Å²) in [6.45, 7) is 11.3. The fourth-order valence-electron chi connectivity index (χ4n) is 4.75. The van der Waals surface area contributed by atoms with Crippen molar-refractivity contribution >= 4 is 63.1 Å². The molecule has 206 valence electrons. The lowest BCUT2D eigenvalue weighted by Crippen LogP contribution is -2.45. The van der Waals surface area contributed by atoms with Gasteiger partial charge in [0.15, 0.2) is 5.65 Å². The molecule has 0 atom stereocenters. The van der Waals surface area contributed by atoms with Crippen LogP contribution in [0.15, 0.2) is 30.5 Å². The van der Waals surface area contributed by atoms with E-state index < -0.39 is 23.3 Å². The van der Waals surface area contributed by atoms with Crippen molar-refractivity contribution in [2.24, 2.45) is 0 Å². The Morgan fingerprint density at radius 2 is 1.62 bits per heavy atom. The SMILES string of the molecule is CN1C(=O)N(c2ccc(C(=O)OC(C)(C)C)cc2)Cc2c1cnc1c2c(I)c(C2CC2)n1C(=O)OC(C)(C)C. The number of halogens is 1. The second-order valence-corrected chi connectivity index (χ2v) is 13.2. The summed E-state index contributed by atoms with van der Waals surface area (Å²) in [5.41, 5.74) is 2.89. The van der Waals surface area contributed by atoms with Gasteiger partial charge in [0.25, 0.3) is 0 Å². The average molecular weight is 645 g/mol. The van der Waals surface area contributed by atoms with Gasteiger partial charge in [-0.1, -0.05) is 0 Å². The van der Waals surface area contributed by atoms with Gasteiger partial charge in [-0.3, -0.25) is 9.80 Å². The molecule has 3 aromatic rings. The smallest absolute Gasteiger partial charge is 0.420 e. The highest BCUT2D eigenvalue weighted by atomic mass is 127. The Bertz CT molecular complexity index is 1490. The molecule has 2 amide bonds. The molecule has 0 bridgehead atoms. The topological polar surface area (TPSA) is 94.0 Å². The molecule has 1 aliphatic carbocycles. The van der Waals surface area contributed by atoms with Gasteiger partial charge < -0.3 is 9.47 Å². The maximum absolute atomic E-state index is 13.4. The van der Waals surface area contributed by atoms with Crippen LogP contribution in [0.3, 0.4) is 0 Å². The number of hydrogen-bond donors (Lipinski definition) is 0. The first-order chi connectivity index (χ1) is 18.2. The van der Waals surface area contributed by atoms with Crippen LogP contribution in [-0.4, -0.2) is 45.9 Å². The third-order valence-corrected chi connectivity index (χ3v) is 7.68. The Morgan fingerprint density at radius 3 is 2.18 bits per heavy atom. The van der Waals surface area contributed by atoms with E-state index in [0.29, 0.717) is 29.1 Å². The molecule has 1 aliphatic heterocycles. The van der Waals surface area contributed by atoms with E-state index in [1.54, 1.807) is 51.9 Å². The first-order valence-corrected chi connectivity index (χ1v) is 14.1. The molecule has 0 spiro atoms. The molecule has 1 aromatic carbocycles. The van der Waals surface area contributed by atoms with Crippen LogP contribution in [0.25, 0.3) is 11.0 Å². The molecule has 5 rings (SSSR count). The zero-order valence-electron chi connectivity index (χ0n) is 23.3. The fraction of sp³-hybridized carbons (Fsp3) is 0.448. The number of ether oxygens (including phenoxy) is 2. The Labute approximate surface area is 241 Å². The van der Waals surface area contributed by atoms with Crippen molar-refractivity contribution in [3.8, 4) is 0 Å². The third kappa shape index (κ3) is 5.22. The minimum atomic E-state index is -0.650. The molecule has 0 unspecified atom stereocenters. The van der Waals surface area contributed by atoms with Gasteiger partial charge in [0.05, 0.1) is 24.0 Å². The standard InChI is InChI=1S/C29H33IN4O5/c1-28(2,3)38-25(35)17-10-12-18(13-11-17)33-15-19-20(32(7)26(33)36)14-31-24-21(19)22(30)23(16-8-9-16)34(24)27(37)39-29(4,5)6/h10-14,16H,8-9,15H2,1-7H3. The van der Waals surface area contributed by atoms with E-state index in [1.807, 2.05) is 41.5 Å². The molecule has 1 saturated carbocycles. The van der Waals surface area contributed by atoms with Gasteiger partial charge in [0.1, 0.15) is 11.2 Å². The fourth-order valence-corrected chi connectivity index (χ4v) is 6.00. The van der Waals surface area contributed by atoms with Crippen LogP contribution in [0.2, 0.25) is 0 Å². The molecule has 2 aromatic heterocycles. The van der Waals surface area contributed by atoms with E-state index in [1.165, 1.54) is 0 Å². The second-order valence-electron chi connectivity index (χ2n) is 12.1. The van der Waals surface area contributed by atoms with Crippen molar-refractivity contribution in [3.63, 3.8) is 0 Å². The molecule has 10 heteroatoms. The minimum absolute atomic E-state index is 0.210. The number of amides is 2. The number of urea groups is 1. The van der Waals surface area contributed by atoms with E-state index >= 15 is 0 Å². The van der Waals surface area contributed by atoms with Crippen LogP contribution in [-0.2, 0) is 16.0 Å². The molecule has 1 fully saturated rings. The van der Waals surface area contributed by atoms with E-state index in [-0.39, 0.29) is 11.9 Å². The van der Waals surface area contributed by atoms with Gasteiger partial charge >= 0.3 is 18.1 Å². The van der Waals surface area contributed by atoms with E-state index in [4.69, 9.17) is 9.47 Å². The third-order valence-electron chi connectivity index (χ3n) is 6.59. The molecule has 2 aliphatic rings. The predicted octanol–water partition coefficient (Wildman–Crippen LogP) is 6.83. The highest BCUT2D eigenvalue weighted by Crippen LogP contribution is 2.47. The number of carbonyl (C=O) groups is 3. The highest BCUT2D eigenvalue weighted by molar-refractivity contribution is 14.1. The second kappa shape index (κ2) is 9.50. The Morgan fingerprint density at radius 1 is 1.00 bits per heavy atom. The largest absolute Gasteiger partial charge is 0.456 e. The molecule has 0 saturated heterocycles. The maximum atomic E-state index is 13.4. The lowest BCUT2D eigenvalue weighted by molar-refractivity contribution is 0.00692. The number of fused-ring (bicyclic) bond motifs is 3. The summed E-state index contributed by atoms with van der Waals surface area (Å²) < 4.78 is 13.8. The van der Waals surface area contributed by atoms with Gasteiger partial charge in [-0.2, -0.15) is 0 Å². The lowest BCUT2D eigenvalue weighted by Gasteiger charge is -2.35. The summed E-state index contributed by atoms with van der Waals surface area (Å²) in [5.74, 6) is -0.145. The summed E-state index contributed by atoms with van der Waals surface area (Å²) in [4.78, 5) is 47.2. The van der Waals surface area contributed by atoms with Crippen molar-refractivity contribution in [2.45, 2.75) is 78.0 Å². The number of pyridine rings is 1. The zero-order valence-corrected chi connectivity index (χ0v) is 25.5. The first-order valence-electron chi connectivity index (χ1n) is 13.0. The lowest BCUT2D eigenvalue weighted by atomic mass is 10.1. The zero-order chi connectivity index (χ0) is 28.4. The van der Waals surface area contributed by atoms with Crippen LogP contribution in [0.4, 0.5) is 21.0 Å². The Hall–Kier alpha value is -3.15. The van der Waals surface area contributed by atoms with E-state index in [0.717, 1.165) is 33.1 Å². The Balaban J connectivity index is 1.57. The summed E-state index contributed by atoms with van der Waals surface area (Å²) >= 11 is 2.31. The Kier molecular flexibility index (Phi) is 6.68. The number of carbonyl (C=O) groups excluding carboxylic acids is 3. The number of aromatic nitrogens is 2. The van der Waals surface area contributed by atoms with Crippen molar-refractivity contribution in [1.82, 2.24) is 9.55 Å². The number of esters is 1. The molecular formula is C29H33IN4O5. The summed E-state index contributed by atoms with van der Waals surface area (Å²) in [6, 6.07) is 6.63. The molecule has 39 heavy (non-hydrogen) atoms. The number of hydrogen-bond acceptors (Lipinski definition) is 6. The van der Waals surface area contributed by atoms with Crippen LogP contribution in [0.5, 0.6) is 0 Å². The highest BCUT2D eigenvalue weighted by Gasteiger charge is 2.38. The van der Waals surface area contributed by atoms with Crippen LogP contribution < -0.4 is 9.80 Å². The summed E-state index contributed by atoms with van der Waals surface area (Å²) in [5, 5.41) is 0.857. The normalized spacial score (nSPS) is 15.9. The first kappa shape index (κ1) is 27.4. The van der Waals surface area contributed by atoms with Gasteiger partial charge in [0, 0.05) is 38.9 Å². The number of rotatable bonds is 3. The van der Waals surface area contributed by atoms with E-state index in [9.17, 15) is 14.4 Å². The molecular weight excluding hydrogens is 611 g/mol. The number of nitrogens with zero attached hydrogens (tertiary/aromatic N) is 4. The van der Waals surface area contributed by atoms with E-state index in [2.05, 4.69) is 27.6 Å². The van der Waals surface area contributed by atoms with Crippen molar-refractivity contribution in [2.75, 3.05) is 16.8 Å². The average Bonchev–Trinajstić information content (AvgIpc) is 3.62. The van der Waals surface area contributed by atoms with Crippen molar-refractivity contribution < 1.29 is 23.9 Å². The number of anilines is 2. The van der Waals surface area contributed by atoms with Crippen LogP contribution in [0, 0.1) is 3.57 Å². The van der Waals surface area contributed by atoms with Gasteiger partial charge in [-0.15, -0.1) is 0 Å². The molecule has 9 nitrogen and oxygen atoms in total. The van der Waals surface area contributed by atoms with Crippen molar-refractivity contribution in [1.29, 1.82) is 0 Å². The molecule has 3 heterocycles. The number of benzene rings is 1. The van der Waals surface area contributed by atoms with Crippen LogP contribution in [0.1, 0.15) is 81.9 Å². The quantitative estimate of drug-likeness (QED) is 0.229. The monoisotopic (exact) mass is 644 g/mol. The van der Waals surface area contributed by atoms with Gasteiger partial charge in [-0.25, -0.2) is 23.9 Å².